The molecule has 0 spiro atoms. The summed E-state index contributed by atoms with van der Waals surface area (Å²) in [5.74, 6) is -1.68. The number of nitrogens with one attached hydrogen (secondary N) is 1. The lowest BCUT2D eigenvalue weighted by molar-refractivity contribution is -0.141. The molecule has 1 atom stereocenters. The summed E-state index contributed by atoms with van der Waals surface area (Å²) in [4.78, 5) is 11.1. The minimum Gasteiger partial charge on any atom is -0.481 e. The van der Waals surface area contributed by atoms with Crippen LogP contribution in [0.2, 0.25) is 0 Å². The number of hydrogen-bond acceptors (Lipinski definition) is 3. The van der Waals surface area contributed by atoms with E-state index in [1.54, 1.807) is 19.1 Å². The maximum Gasteiger partial charge on any atom is 0.307 e. The fourth-order valence-corrected chi connectivity index (χ4v) is 3.55. The first-order valence-corrected chi connectivity index (χ1v) is 8.26. The first kappa shape index (κ1) is 15.0. The summed E-state index contributed by atoms with van der Waals surface area (Å²) < 4.78 is 26.7. The summed E-state index contributed by atoms with van der Waals surface area (Å²) in [7, 11) is -3.63. The van der Waals surface area contributed by atoms with Crippen LogP contribution in [-0.4, -0.2) is 26.0 Å². The Morgan fingerprint density at radius 3 is 2.70 bits per heavy atom. The molecule has 2 rings (SSSR count). The summed E-state index contributed by atoms with van der Waals surface area (Å²) in [6.45, 7) is 1.65. The standard InChI is InChI=1S/C14H19NO4S/c1-2-10(14(16)17)9-15-20(18,19)13-7-6-11-4-3-5-12(11)8-13/h6-8,10,15H,2-5,9H2,1H3,(H,16,17). The molecule has 1 aliphatic carbocycles. The van der Waals surface area contributed by atoms with E-state index in [1.807, 2.05) is 6.07 Å². The maximum absolute atomic E-state index is 12.2. The maximum atomic E-state index is 12.2. The molecule has 0 fully saturated rings. The van der Waals surface area contributed by atoms with Crippen molar-refractivity contribution in [2.75, 3.05) is 6.54 Å². The lowest BCUT2D eigenvalue weighted by atomic mass is 10.1. The molecule has 0 amide bonds. The van der Waals surface area contributed by atoms with Gasteiger partial charge < -0.3 is 5.11 Å². The van der Waals surface area contributed by atoms with Crippen LogP contribution < -0.4 is 4.72 Å². The largest absolute Gasteiger partial charge is 0.481 e. The average Bonchev–Trinajstić information content (AvgIpc) is 2.86. The van der Waals surface area contributed by atoms with Gasteiger partial charge in [0, 0.05) is 6.54 Å². The Morgan fingerprint density at radius 2 is 2.05 bits per heavy atom. The molecule has 1 aliphatic rings. The van der Waals surface area contributed by atoms with Gasteiger partial charge in [-0.2, -0.15) is 0 Å². The van der Waals surface area contributed by atoms with Gasteiger partial charge in [-0.3, -0.25) is 4.79 Å². The molecule has 1 unspecified atom stereocenters. The zero-order chi connectivity index (χ0) is 14.8. The van der Waals surface area contributed by atoms with Gasteiger partial charge in [0.2, 0.25) is 10.0 Å². The second kappa shape index (κ2) is 5.93. The number of aryl methyl sites for hydroxylation is 2. The molecule has 0 bridgehead atoms. The highest BCUT2D eigenvalue weighted by atomic mass is 32.2. The molecule has 0 radical (unpaired) electrons. The highest BCUT2D eigenvalue weighted by molar-refractivity contribution is 7.89. The van der Waals surface area contributed by atoms with Crippen LogP contribution in [0.25, 0.3) is 0 Å². The van der Waals surface area contributed by atoms with Gasteiger partial charge in [-0.15, -0.1) is 0 Å². The highest BCUT2D eigenvalue weighted by Crippen LogP contribution is 2.24. The van der Waals surface area contributed by atoms with Crippen molar-refractivity contribution in [3.05, 3.63) is 29.3 Å². The number of carbonyl (C=O) groups is 1. The molecule has 0 saturated carbocycles. The second-order valence-electron chi connectivity index (χ2n) is 5.08. The van der Waals surface area contributed by atoms with Crippen LogP contribution >= 0.6 is 0 Å². The van der Waals surface area contributed by atoms with Crippen molar-refractivity contribution in [3.63, 3.8) is 0 Å². The predicted octanol–water partition coefficient (Wildman–Crippen LogP) is 1.56. The van der Waals surface area contributed by atoms with Crippen LogP contribution in [-0.2, 0) is 27.7 Å². The molecular formula is C14H19NO4S. The van der Waals surface area contributed by atoms with E-state index in [-0.39, 0.29) is 11.4 Å². The van der Waals surface area contributed by atoms with E-state index in [4.69, 9.17) is 5.11 Å². The Kier molecular flexibility index (Phi) is 4.45. The Balaban J connectivity index is 2.12. The molecule has 6 heteroatoms. The minimum atomic E-state index is -3.63. The lowest BCUT2D eigenvalue weighted by Crippen LogP contribution is -2.32. The monoisotopic (exact) mass is 297 g/mol. The van der Waals surface area contributed by atoms with Crippen molar-refractivity contribution in [2.45, 2.75) is 37.5 Å². The number of benzene rings is 1. The SMILES string of the molecule is CCC(CNS(=O)(=O)c1ccc2c(c1)CCC2)C(=O)O. The van der Waals surface area contributed by atoms with Gasteiger partial charge in [-0.25, -0.2) is 13.1 Å². The summed E-state index contributed by atoms with van der Waals surface area (Å²) in [6, 6.07) is 5.14. The van der Waals surface area contributed by atoms with Crippen LogP contribution in [0.3, 0.4) is 0 Å². The highest BCUT2D eigenvalue weighted by Gasteiger charge is 2.21. The van der Waals surface area contributed by atoms with Gasteiger partial charge in [-0.05, 0) is 48.9 Å². The number of rotatable bonds is 6. The van der Waals surface area contributed by atoms with Crippen molar-refractivity contribution in [2.24, 2.45) is 5.92 Å². The third-order valence-corrected chi connectivity index (χ3v) is 5.16. The lowest BCUT2D eigenvalue weighted by Gasteiger charge is -2.12. The van der Waals surface area contributed by atoms with Crippen molar-refractivity contribution < 1.29 is 18.3 Å². The topological polar surface area (TPSA) is 83.5 Å². The Morgan fingerprint density at radius 1 is 1.35 bits per heavy atom. The number of sulfonamides is 1. The molecule has 0 aliphatic heterocycles. The third kappa shape index (κ3) is 3.19. The minimum absolute atomic E-state index is 0.0781. The van der Waals surface area contributed by atoms with Crippen LogP contribution in [0.15, 0.2) is 23.1 Å². The first-order valence-electron chi connectivity index (χ1n) is 6.78. The average molecular weight is 297 g/mol. The number of carboxylic acid groups (broad SMARTS) is 1. The van der Waals surface area contributed by atoms with Crippen LogP contribution in [0.4, 0.5) is 0 Å². The van der Waals surface area contributed by atoms with Crippen molar-refractivity contribution >= 4 is 16.0 Å². The number of fused-ring (bicyclic) bond motifs is 1. The molecule has 110 valence electrons. The normalized spacial score (nSPS) is 15.8. The smallest absolute Gasteiger partial charge is 0.307 e. The molecule has 5 nitrogen and oxygen atoms in total. The number of hydrogen-bond donors (Lipinski definition) is 2. The Bertz CT molecular complexity index is 610. The molecule has 20 heavy (non-hydrogen) atoms. The van der Waals surface area contributed by atoms with E-state index in [1.165, 1.54) is 5.56 Å². The van der Waals surface area contributed by atoms with Crippen LogP contribution in [0, 0.1) is 5.92 Å². The zero-order valence-corrected chi connectivity index (χ0v) is 12.2. The molecule has 1 aromatic rings. The molecular weight excluding hydrogens is 278 g/mol. The van der Waals surface area contributed by atoms with Crippen LogP contribution in [0.5, 0.6) is 0 Å². The summed E-state index contributed by atoms with van der Waals surface area (Å²) in [6.07, 6.45) is 3.36. The number of aliphatic carboxylic acids is 1. The van der Waals surface area contributed by atoms with Gasteiger partial charge in [0.1, 0.15) is 0 Å². The molecule has 0 saturated heterocycles. The van der Waals surface area contributed by atoms with E-state index in [2.05, 4.69) is 4.72 Å². The van der Waals surface area contributed by atoms with Crippen LogP contribution in [0.1, 0.15) is 30.9 Å². The zero-order valence-electron chi connectivity index (χ0n) is 11.4. The number of carboxylic acids is 1. The van der Waals surface area contributed by atoms with E-state index in [9.17, 15) is 13.2 Å². The fourth-order valence-electron chi connectivity index (χ4n) is 2.42. The van der Waals surface area contributed by atoms with Gasteiger partial charge in [-0.1, -0.05) is 13.0 Å². The fraction of sp³-hybridized carbons (Fsp3) is 0.500. The van der Waals surface area contributed by atoms with E-state index in [0.717, 1.165) is 24.8 Å². The van der Waals surface area contributed by atoms with E-state index in [0.29, 0.717) is 6.42 Å². The van der Waals surface area contributed by atoms with E-state index < -0.39 is 21.9 Å². The van der Waals surface area contributed by atoms with Gasteiger partial charge in [0.25, 0.3) is 0 Å². The Labute approximate surface area is 119 Å². The van der Waals surface area contributed by atoms with Gasteiger partial charge >= 0.3 is 5.97 Å². The van der Waals surface area contributed by atoms with E-state index >= 15 is 0 Å². The molecule has 1 aromatic carbocycles. The van der Waals surface area contributed by atoms with Crippen molar-refractivity contribution in [1.82, 2.24) is 4.72 Å². The second-order valence-corrected chi connectivity index (χ2v) is 6.85. The third-order valence-electron chi connectivity index (χ3n) is 3.74. The van der Waals surface area contributed by atoms with Crippen molar-refractivity contribution in [3.8, 4) is 0 Å². The Hall–Kier alpha value is -1.40. The quantitative estimate of drug-likeness (QED) is 0.834. The van der Waals surface area contributed by atoms with Crippen molar-refractivity contribution in [1.29, 1.82) is 0 Å². The summed E-state index contributed by atoms with van der Waals surface area (Å²) in [5.41, 5.74) is 2.29. The van der Waals surface area contributed by atoms with Gasteiger partial charge in [0.15, 0.2) is 0 Å². The molecule has 0 heterocycles. The first-order chi connectivity index (χ1) is 9.44. The predicted molar refractivity (Wildman–Crippen MR) is 75.1 cm³/mol. The summed E-state index contributed by atoms with van der Waals surface area (Å²) in [5, 5.41) is 8.93. The summed E-state index contributed by atoms with van der Waals surface area (Å²) >= 11 is 0. The molecule has 0 aromatic heterocycles. The van der Waals surface area contributed by atoms with Gasteiger partial charge in [0.05, 0.1) is 10.8 Å². The molecule has 2 N–H and O–H groups in total.